The molecule has 6 heteroatoms. The van der Waals surface area contributed by atoms with Crippen molar-refractivity contribution in [3.63, 3.8) is 0 Å². The summed E-state index contributed by atoms with van der Waals surface area (Å²) in [6, 6.07) is 12.3. The molecule has 2 aromatic carbocycles. The second kappa shape index (κ2) is 6.83. The molecule has 0 fully saturated rings. The van der Waals surface area contributed by atoms with Crippen LogP contribution < -0.4 is 4.72 Å². The van der Waals surface area contributed by atoms with Gasteiger partial charge in [-0.05, 0) is 54.3 Å². The molecular formula is C17H19NO4S. The Balaban J connectivity index is 2.16. The Morgan fingerprint density at radius 2 is 1.61 bits per heavy atom. The molecule has 0 bridgehead atoms. The molecule has 0 saturated heterocycles. The van der Waals surface area contributed by atoms with Crippen LogP contribution in [-0.2, 0) is 16.4 Å². The van der Waals surface area contributed by atoms with E-state index in [-0.39, 0.29) is 10.5 Å². The summed E-state index contributed by atoms with van der Waals surface area (Å²) in [6.07, 6.45) is 0.893. The molecule has 0 spiro atoms. The number of aromatic carboxylic acids is 1. The molecule has 2 aromatic rings. The lowest BCUT2D eigenvalue weighted by Gasteiger charge is -2.10. The van der Waals surface area contributed by atoms with Crippen molar-refractivity contribution >= 4 is 21.7 Å². The Kier molecular flexibility index (Phi) is 5.05. The number of rotatable bonds is 6. The Morgan fingerprint density at radius 1 is 1.04 bits per heavy atom. The van der Waals surface area contributed by atoms with Crippen LogP contribution in [0.2, 0.25) is 0 Å². The molecular weight excluding hydrogens is 314 g/mol. The molecule has 2 N–H and O–H groups in total. The van der Waals surface area contributed by atoms with Crippen molar-refractivity contribution in [3.05, 3.63) is 59.7 Å². The molecule has 0 amide bonds. The number of hydrogen-bond acceptors (Lipinski definition) is 3. The third-order valence-electron chi connectivity index (χ3n) is 3.26. The van der Waals surface area contributed by atoms with Crippen LogP contribution in [0.3, 0.4) is 0 Å². The average molecular weight is 333 g/mol. The predicted octanol–water partition coefficient (Wildman–Crippen LogP) is 3.38. The lowest BCUT2D eigenvalue weighted by atomic mass is 10.0. The normalized spacial score (nSPS) is 11.4. The second-order valence-corrected chi connectivity index (χ2v) is 7.41. The van der Waals surface area contributed by atoms with Crippen molar-refractivity contribution in [2.24, 2.45) is 5.92 Å². The topological polar surface area (TPSA) is 83.5 Å². The smallest absolute Gasteiger partial charge is 0.335 e. The first-order valence-corrected chi connectivity index (χ1v) is 8.71. The molecule has 0 heterocycles. The maximum Gasteiger partial charge on any atom is 0.335 e. The Labute approximate surface area is 136 Å². The summed E-state index contributed by atoms with van der Waals surface area (Å²) in [6.45, 7) is 4.21. The summed E-state index contributed by atoms with van der Waals surface area (Å²) in [5.74, 6) is -0.552. The van der Waals surface area contributed by atoms with Gasteiger partial charge in [-0.15, -0.1) is 0 Å². The van der Waals surface area contributed by atoms with E-state index in [1.54, 1.807) is 12.1 Å². The monoisotopic (exact) mass is 333 g/mol. The molecule has 0 aliphatic rings. The molecule has 2 rings (SSSR count). The van der Waals surface area contributed by atoms with Gasteiger partial charge in [0, 0.05) is 5.69 Å². The molecule has 0 radical (unpaired) electrons. The van der Waals surface area contributed by atoms with Gasteiger partial charge in [-0.25, -0.2) is 13.2 Å². The minimum absolute atomic E-state index is 0.103. The van der Waals surface area contributed by atoms with Crippen LogP contribution in [0.4, 0.5) is 5.69 Å². The van der Waals surface area contributed by atoms with E-state index in [4.69, 9.17) is 5.11 Å². The number of hydrogen-bond donors (Lipinski definition) is 2. The fourth-order valence-corrected chi connectivity index (χ4v) is 3.23. The highest BCUT2D eigenvalue weighted by Gasteiger charge is 2.14. The third-order valence-corrected chi connectivity index (χ3v) is 4.66. The van der Waals surface area contributed by atoms with Gasteiger partial charge in [0.15, 0.2) is 0 Å². The largest absolute Gasteiger partial charge is 0.478 e. The maximum atomic E-state index is 12.3. The predicted molar refractivity (Wildman–Crippen MR) is 89.2 cm³/mol. The molecule has 122 valence electrons. The second-order valence-electron chi connectivity index (χ2n) is 5.73. The zero-order chi connectivity index (χ0) is 17.0. The lowest BCUT2D eigenvalue weighted by Crippen LogP contribution is -2.13. The number of carbonyl (C=O) groups is 1. The quantitative estimate of drug-likeness (QED) is 0.849. The highest BCUT2D eigenvalue weighted by atomic mass is 32.2. The van der Waals surface area contributed by atoms with Crippen LogP contribution in [0.15, 0.2) is 53.4 Å². The summed E-state index contributed by atoms with van der Waals surface area (Å²) in [4.78, 5) is 11.0. The molecule has 0 aromatic heterocycles. The van der Waals surface area contributed by atoms with Crippen LogP contribution >= 0.6 is 0 Å². The van der Waals surface area contributed by atoms with Crippen LogP contribution in [0.1, 0.15) is 29.8 Å². The van der Waals surface area contributed by atoms with Crippen LogP contribution in [-0.4, -0.2) is 19.5 Å². The summed E-state index contributed by atoms with van der Waals surface area (Å²) in [5.41, 5.74) is 1.51. The zero-order valence-electron chi connectivity index (χ0n) is 13.0. The fraction of sp³-hybridized carbons (Fsp3) is 0.235. The minimum Gasteiger partial charge on any atom is -0.478 e. The number of nitrogens with one attached hydrogen (secondary N) is 1. The standard InChI is InChI=1S/C17H19NO4S/c1-12(2)11-13-3-9-16(10-4-13)23(21,22)18-15-7-5-14(6-8-15)17(19)20/h3-10,12,18H,11H2,1-2H3,(H,19,20). The molecule has 5 nitrogen and oxygen atoms in total. The maximum absolute atomic E-state index is 12.3. The van der Waals surface area contributed by atoms with E-state index >= 15 is 0 Å². The van der Waals surface area contributed by atoms with Gasteiger partial charge in [0.25, 0.3) is 10.0 Å². The van der Waals surface area contributed by atoms with Gasteiger partial charge >= 0.3 is 5.97 Å². The van der Waals surface area contributed by atoms with Crippen LogP contribution in [0.5, 0.6) is 0 Å². The zero-order valence-corrected chi connectivity index (χ0v) is 13.8. The van der Waals surface area contributed by atoms with Gasteiger partial charge in [-0.1, -0.05) is 26.0 Å². The van der Waals surface area contributed by atoms with E-state index in [1.165, 1.54) is 24.3 Å². The van der Waals surface area contributed by atoms with E-state index in [0.717, 1.165) is 12.0 Å². The third kappa shape index (κ3) is 4.56. The first-order chi connectivity index (χ1) is 10.8. The number of carboxylic acid groups (broad SMARTS) is 1. The van der Waals surface area contributed by atoms with Gasteiger partial charge in [0.1, 0.15) is 0 Å². The number of sulfonamides is 1. The minimum atomic E-state index is -3.69. The van der Waals surface area contributed by atoms with Crippen molar-refractivity contribution < 1.29 is 18.3 Å². The Morgan fingerprint density at radius 3 is 2.09 bits per heavy atom. The molecule has 0 aliphatic carbocycles. The molecule has 23 heavy (non-hydrogen) atoms. The van der Waals surface area contributed by atoms with Gasteiger partial charge in [-0.3, -0.25) is 4.72 Å². The average Bonchev–Trinajstić information content (AvgIpc) is 2.47. The summed E-state index contributed by atoms with van der Waals surface area (Å²) in [5, 5.41) is 8.84. The van der Waals surface area contributed by atoms with E-state index in [0.29, 0.717) is 11.6 Å². The molecule has 0 saturated carbocycles. The van der Waals surface area contributed by atoms with E-state index in [9.17, 15) is 13.2 Å². The molecule has 0 aliphatic heterocycles. The van der Waals surface area contributed by atoms with Crippen molar-refractivity contribution in [2.45, 2.75) is 25.2 Å². The Hall–Kier alpha value is -2.34. The lowest BCUT2D eigenvalue weighted by molar-refractivity contribution is 0.0697. The molecule has 0 atom stereocenters. The number of benzene rings is 2. The van der Waals surface area contributed by atoms with E-state index < -0.39 is 16.0 Å². The van der Waals surface area contributed by atoms with Crippen molar-refractivity contribution in [2.75, 3.05) is 4.72 Å². The summed E-state index contributed by atoms with van der Waals surface area (Å²) in [7, 11) is -3.69. The Bertz CT molecular complexity index is 778. The van der Waals surface area contributed by atoms with E-state index in [1.807, 2.05) is 12.1 Å². The van der Waals surface area contributed by atoms with Crippen molar-refractivity contribution in [1.29, 1.82) is 0 Å². The van der Waals surface area contributed by atoms with Crippen LogP contribution in [0.25, 0.3) is 0 Å². The fourth-order valence-electron chi connectivity index (χ4n) is 2.17. The van der Waals surface area contributed by atoms with Gasteiger partial charge in [0.05, 0.1) is 10.5 Å². The SMILES string of the molecule is CC(C)Cc1ccc(S(=O)(=O)Nc2ccc(C(=O)O)cc2)cc1. The van der Waals surface area contributed by atoms with Crippen molar-refractivity contribution in [3.8, 4) is 0 Å². The first-order valence-electron chi connectivity index (χ1n) is 7.23. The number of carboxylic acids is 1. The highest BCUT2D eigenvalue weighted by Crippen LogP contribution is 2.18. The van der Waals surface area contributed by atoms with Crippen molar-refractivity contribution in [1.82, 2.24) is 0 Å². The van der Waals surface area contributed by atoms with Gasteiger partial charge < -0.3 is 5.11 Å². The van der Waals surface area contributed by atoms with Crippen LogP contribution in [0, 0.1) is 5.92 Å². The van der Waals surface area contributed by atoms with E-state index in [2.05, 4.69) is 18.6 Å². The van der Waals surface area contributed by atoms with Gasteiger partial charge in [-0.2, -0.15) is 0 Å². The first kappa shape index (κ1) is 17.0. The summed E-state index contributed by atoms with van der Waals surface area (Å²) >= 11 is 0. The number of anilines is 1. The summed E-state index contributed by atoms with van der Waals surface area (Å²) < 4.78 is 27.1. The van der Waals surface area contributed by atoms with Gasteiger partial charge in [0.2, 0.25) is 0 Å². The highest BCUT2D eigenvalue weighted by molar-refractivity contribution is 7.92. The molecule has 0 unspecified atom stereocenters.